The van der Waals surface area contributed by atoms with E-state index >= 15 is 0 Å². The third kappa shape index (κ3) is 4.50. The summed E-state index contributed by atoms with van der Waals surface area (Å²) in [7, 11) is 0. The minimum Gasteiger partial charge on any atom is -0.271 e. The van der Waals surface area contributed by atoms with Crippen LogP contribution in [0.25, 0.3) is 0 Å². The highest BCUT2D eigenvalue weighted by Crippen LogP contribution is 2.26. The molecule has 0 saturated heterocycles. The van der Waals surface area contributed by atoms with Crippen LogP contribution in [0.15, 0.2) is 48.5 Å². The lowest BCUT2D eigenvalue weighted by molar-refractivity contribution is 0.498. The molecule has 0 radical (unpaired) electrons. The average Bonchev–Trinajstić information content (AvgIpc) is 2.43. The zero-order valence-electron chi connectivity index (χ0n) is 11.2. The van der Waals surface area contributed by atoms with Crippen molar-refractivity contribution < 1.29 is 0 Å². The Morgan fingerprint density at radius 1 is 1.00 bits per heavy atom. The van der Waals surface area contributed by atoms with Crippen LogP contribution in [0.3, 0.4) is 0 Å². The van der Waals surface area contributed by atoms with Crippen molar-refractivity contribution in [3.63, 3.8) is 0 Å². The van der Waals surface area contributed by atoms with Crippen molar-refractivity contribution in [2.75, 3.05) is 0 Å². The molecule has 2 nitrogen and oxygen atoms in total. The van der Waals surface area contributed by atoms with Gasteiger partial charge in [0.1, 0.15) is 0 Å². The van der Waals surface area contributed by atoms with Crippen LogP contribution in [-0.4, -0.2) is 0 Å². The highest BCUT2D eigenvalue weighted by molar-refractivity contribution is 6.34. The first-order valence-electron chi connectivity index (χ1n) is 6.65. The zero-order chi connectivity index (χ0) is 14.4. The molecule has 106 valence electrons. The van der Waals surface area contributed by atoms with Crippen LogP contribution in [0.4, 0.5) is 0 Å². The number of nitrogens with two attached hydrogens (primary N) is 1. The van der Waals surface area contributed by atoms with Gasteiger partial charge in [-0.1, -0.05) is 53.5 Å². The molecule has 0 saturated carbocycles. The Labute approximate surface area is 129 Å². The molecule has 0 aliphatic carbocycles. The van der Waals surface area contributed by atoms with Gasteiger partial charge in [-0.05, 0) is 48.6 Å². The molecular weight excluding hydrogens is 291 g/mol. The van der Waals surface area contributed by atoms with Crippen LogP contribution in [-0.2, 0) is 6.42 Å². The first kappa shape index (κ1) is 15.3. The van der Waals surface area contributed by atoms with Gasteiger partial charge in [0, 0.05) is 16.1 Å². The van der Waals surface area contributed by atoms with Gasteiger partial charge in [-0.15, -0.1) is 0 Å². The van der Waals surface area contributed by atoms with Crippen LogP contribution >= 0.6 is 23.2 Å². The molecule has 0 heterocycles. The molecule has 0 amide bonds. The Morgan fingerprint density at radius 3 is 2.25 bits per heavy atom. The Kier molecular flexibility index (Phi) is 5.86. The van der Waals surface area contributed by atoms with Crippen molar-refractivity contribution in [1.29, 1.82) is 0 Å². The van der Waals surface area contributed by atoms with Crippen molar-refractivity contribution >= 4 is 23.2 Å². The van der Waals surface area contributed by atoms with Crippen LogP contribution in [0, 0.1) is 0 Å². The van der Waals surface area contributed by atoms with E-state index < -0.39 is 0 Å². The van der Waals surface area contributed by atoms with Crippen LogP contribution in [0.1, 0.15) is 30.0 Å². The van der Waals surface area contributed by atoms with Crippen molar-refractivity contribution in [1.82, 2.24) is 5.43 Å². The number of aryl methyl sites for hydroxylation is 1. The van der Waals surface area contributed by atoms with Crippen molar-refractivity contribution in [3.05, 3.63) is 69.7 Å². The lowest BCUT2D eigenvalue weighted by atomic mass is 9.99. The lowest BCUT2D eigenvalue weighted by Gasteiger charge is -2.17. The molecule has 20 heavy (non-hydrogen) atoms. The smallest absolute Gasteiger partial charge is 0.0461 e. The summed E-state index contributed by atoms with van der Waals surface area (Å²) < 4.78 is 0. The summed E-state index contributed by atoms with van der Waals surface area (Å²) in [5, 5.41) is 1.27. The minimum atomic E-state index is 0.0647. The summed E-state index contributed by atoms with van der Waals surface area (Å²) in [5.41, 5.74) is 5.21. The quantitative estimate of drug-likeness (QED) is 0.608. The molecule has 2 aromatic carbocycles. The topological polar surface area (TPSA) is 38.0 Å². The van der Waals surface area contributed by atoms with Gasteiger partial charge >= 0.3 is 0 Å². The van der Waals surface area contributed by atoms with Gasteiger partial charge < -0.3 is 0 Å². The second-order valence-electron chi connectivity index (χ2n) is 4.80. The Hall–Kier alpha value is -1.06. The molecular formula is C16H18Cl2N2. The Morgan fingerprint density at radius 2 is 1.65 bits per heavy atom. The fourth-order valence-corrected chi connectivity index (χ4v) is 2.82. The Balaban J connectivity index is 1.95. The van der Waals surface area contributed by atoms with E-state index in [1.807, 2.05) is 18.2 Å². The maximum absolute atomic E-state index is 6.03. The SMILES string of the molecule is NNC(CCCc1ccccc1)c1cc(Cl)cc(Cl)c1. The van der Waals surface area contributed by atoms with Crippen LogP contribution < -0.4 is 11.3 Å². The van der Waals surface area contributed by atoms with E-state index in [9.17, 15) is 0 Å². The van der Waals surface area contributed by atoms with Gasteiger partial charge in [0.2, 0.25) is 0 Å². The summed E-state index contributed by atoms with van der Waals surface area (Å²) in [6.45, 7) is 0. The normalized spacial score (nSPS) is 12.3. The summed E-state index contributed by atoms with van der Waals surface area (Å²) >= 11 is 12.1. The Bertz CT molecular complexity index is 523. The van der Waals surface area contributed by atoms with Gasteiger partial charge in [0.25, 0.3) is 0 Å². The molecule has 0 spiro atoms. The third-order valence-corrected chi connectivity index (χ3v) is 3.73. The first-order valence-corrected chi connectivity index (χ1v) is 7.40. The third-order valence-electron chi connectivity index (χ3n) is 3.29. The minimum absolute atomic E-state index is 0.0647. The molecule has 4 heteroatoms. The van der Waals surface area contributed by atoms with E-state index in [0.717, 1.165) is 24.8 Å². The highest BCUT2D eigenvalue weighted by atomic mass is 35.5. The number of benzene rings is 2. The molecule has 0 fully saturated rings. The van der Waals surface area contributed by atoms with Gasteiger partial charge in [-0.25, -0.2) is 0 Å². The van der Waals surface area contributed by atoms with Gasteiger partial charge in [-0.3, -0.25) is 11.3 Å². The zero-order valence-corrected chi connectivity index (χ0v) is 12.7. The standard InChI is InChI=1S/C16H18Cl2N2/c17-14-9-13(10-15(18)11-14)16(20-19)8-4-7-12-5-2-1-3-6-12/h1-3,5-6,9-11,16,20H,4,7-8,19H2. The average molecular weight is 309 g/mol. The van der Waals surface area contributed by atoms with E-state index in [4.69, 9.17) is 29.0 Å². The number of halogens is 2. The second kappa shape index (κ2) is 7.65. The van der Waals surface area contributed by atoms with E-state index in [2.05, 4.69) is 29.7 Å². The maximum Gasteiger partial charge on any atom is 0.0461 e. The molecule has 2 aromatic rings. The number of hydrazine groups is 1. The number of hydrogen-bond acceptors (Lipinski definition) is 2. The van der Waals surface area contributed by atoms with Crippen molar-refractivity contribution in [3.8, 4) is 0 Å². The number of rotatable bonds is 6. The molecule has 0 aliphatic heterocycles. The first-order chi connectivity index (χ1) is 9.69. The summed E-state index contributed by atoms with van der Waals surface area (Å²) in [6.07, 6.45) is 3.01. The second-order valence-corrected chi connectivity index (χ2v) is 5.67. The summed E-state index contributed by atoms with van der Waals surface area (Å²) in [4.78, 5) is 0. The predicted octanol–water partition coefficient (Wildman–Crippen LogP) is 4.52. The molecule has 1 unspecified atom stereocenters. The van der Waals surface area contributed by atoms with E-state index in [1.165, 1.54) is 5.56 Å². The van der Waals surface area contributed by atoms with E-state index in [-0.39, 0.29) is 6.04 Å². The molecule has 0 aliphatic rings. The van der Waals surface area contributed by atoms with Crippen LogP contribution in [0.2, 0.25) is 10.0 Å². The van der Waals surface area contributed by atoms with Gasteiger partial charge in [0.05, 0.1) is 0 Å². The van der Waals surface area contributed by atoms with E-state index in [1.54, 1.807) is 6.07 Å². The summed E-state index contributed by atoms with van der Waals surface area (Å²) in [5.74, 6) is 5.65. The molecule has 2 rings (SSSR count). The predicted molar refractivity (Wildman–Crippen MR) is 85.9 cm³/mol. The van der Waals surface area contributed by atoms with Gasteiger partial charge in [0.15, 0.2) is 0 Å². The largest absolute Gasteiger partial charge is 0.271 e. The fraction of sp³-hybridized carbons (Fsp3) is 0.250. The van der Waals surface area contributed by atoms with Crippen molar-refractivity contribution in [2.45, 2.75) is 25.3 Å². The maximum atomic E-state index is 6.03. The number of nitrogens with one attached hydrogen (secondary N) is 1. The monoisotopic (exact) mass is 308 g/mol. The van der Waals surface area contributed by atoms with Crippen LogP contribution in [0.5, 0.6) is 0 Å². The lowest BCUT2D eigenvalue weighted by Crippen LogP contribution is -2.28. The highest BCUT2D eigenvalue weighted by Gasteiger charge is 2.11. The molecule has 0 bridgehead atoms. The number of hydrogen-bond donors (Lipinski definition) is 2. The van der Waals surface area contributed by atoms with Gasteiger partial charge in [-0.2, -0.15) is 0 Å². The molecule has 0 aromatic heterocycles. The molecule has 1 atom stereocenters. The van der Waals surface area contributed by atoms with E-state index in [0.29, 0.717) is 10.0 Å². The fourth-order valence-electron chi connectivity index (χ4n) is 2.28. The molecule has 3 N–H and O–H groups in total. The van der Waals surface area contributed by atoms with Crippen molar-refractivity contribution in [2.24, 2.45) is 5.84 Å². The summed E-state index contributed by atoms with van der Waals surface area (Å²) in [6, 6.07) is 16.0.